The van der Waals surface area contributed by atoms with E-state index in [1.54, 1.807) is 31.2 Å². The van der Waals surface area contributed by atoms with Crippen LogP contribution in [0.5, 0.6) is 5.75 Å². The molecule has 1 aliphatic heterocycles. The first-order valence-electron chi connectivity index (χ1n) is 7.43. The van der Waals surface area contributed by atoms with Gasteiger partial charge in [0.25, 0.3) is 0 Å². The van der Waals surface area contributed by atoms with E-state index in [0.717, 1.165) is 6.07 Å². The van der Waals surface area contributed by atoms with Gasteiger partial charge in [-0.15, -0.1) is 13.2 Å². The number of amides is 1. The molecule has 128 valence electrons. The lowest BCUT2D eigenvalue weighted by atomic mass is 9.77. The highest BCUT2D eigenvalue weighted by Gasteiger charge is 2.44. The van der Waals surface area contributed by atoms with Gasteiger partial charge in [0.05, 0.1) is 17.0 Å². The number of anilines is 1. The van der Waals surface area contributed by atoms with Crippen LogP contribution in [0.3, 0.4) is 0 Å². The molecule has 2 aromatic rings. The van der Waals surface area contributed by atoms with Crippen molar-refractivity contribution in [2.45, 2.75) is 25.1 Å². The third-order valence-electron chi connectivity index (χ3n) is 4.25. The summed E-state index contributed by atoms with van der Waals surface area (Å²) < 4.78 is 41.4. The minimum atomic E-state index is -4.81. The number of nitrogens with zero attached hydrogens (tertiary/aromatic N) is 1. The number of halogens is 3. The average Bonchev–Trinajstić information content (AvgIpc) is 2.78. The molecule has 0 bridgehead atoms. The minimum absolute atomic E-state index is 0.186. The van der Waals surface area contributed by atoms with Gasteiger partial charge in [-0.2, -0.15) is 5.26 Å². The molecule has 0 aromatic heterocycles. The summed E-state index contributed by atoms with van der Waals surface area (Å²) in [4.78, 5) is 12.5. The Morgan fingerprint density at radius 1 is 1.24 bits per heavy atom. The summed E-state index contributed by atoms with van der Waals surface area (Å²) in [6.45, 7) is 1.64. The lowest BCUT2D eigenvalue weighted by molar-refractivity contribution is -0.274. The molecule has 1 amide bonds. The highest BCUT2D eigenvalue weighted by atomic mass is 19.4. The number of hydrogen-bond donors (Lipinski definition) is 1. The maximum absolute atomic E-state index is 12.5. The Hall–Kier alpha value is -3.01. The van der Waals surface area contributed by atoms with Crippen LogP contribution in [0.15, 0.2) is 42.5 Å². The molecule has 0 aliphatic carbocycles. The third-order valence-corrected chi connectivity index (χ3v) is 4.25. The molecule has 3 rings (SSSR count). The van der Waals surface area contributed by atoms with E-state index in [4.69, 9.17) is 0 Å². The molecule has 2 aromatic carbocycles. The van der Waals surface area contributed by atoms with Crippen molar-refractivity contribution in [3.05, 3.63) is 59.2 Å². The maximum atomic E-state index is 12.5. The van der Waals surface area contributed by atoms with E-state index in [9.17, 15) is 23.2 Å². The Morgan fingerprint density at radius 2 is 1.96 bits per heavy atom. The molecule has 1 N–H and O–H groups in total. The first kappa shape index (κ1) is 16.8. The van der Waals surface area contributed by atoms with Crippen LogP contribution < -0.4 is 10.1 Å². The molecule has 1 aliphatic rings. The van der Waals surface area contributed by atoms with Gasteiger partial charge in [0.2, 0.25) is 5.91 Å². The molecule has 25 heavy (non-hydrogen) atoms. The zero-order valence-electron chi connectivity index (χ0n) is 13.1. The van der Waals surface area contributed by atoms with E-state index < -0.39 is 11.8 Å². The maximum Gasteiger partial charge on any atom is 0.573 e. The van der Waals surface area contributed by atoms with Crippen molar-refractivity contribution in [1.29, 1.82) is 5.26 Å². The highest BCUT2D eigenvalue weighted by Crippen LogP contribution is 2.42. The Labute approximate surface area is 141 Å². The van der Waals surface area contributed by atoms with Crippen molar-refractivity contribution < 1.29 is 22.7 Å². The van der Waals surface area contributed by atoms with Crippen LogP contribution >= 0.6 is 0 Å². The summed E-state index contributed by atoms with van der Waals surface area (Å²) in [6.07, 6.45) is -4.63. The largest absolute Gasteiger partial charge is 0.573 e. The Bertz CT molecular complexity index is 887. The quantitative estimate of drug-likeness (QED) is 0.917. The van der Waals surface area contributed by atoms with Gasteiger partial charge in [0.1, 0.15) is 5.75 Å². The second kappa shape index (κ2) is 5.81. The number of nitriles is 1. The molecule has 1 heterocycles. The van der Waals surface area contributed by atoms with E-state index in [1.807, 2.05) is 0 Å². The molecule has 0 fully saturated rings. The molecule has 7 heteroatoms. The van der Waals surface area contributed by atoms with Crippen LogP contribution in [0, 0.1) is 11.3 Å². The minimum Gasteiger partial charge on any atom is -0.406 e. The highest BCUT2D eigenvalue weighted by molar-refractivity contribution is 6.06. The van der Waals surface area contributed by atoms with Crippen LogP contribution in [0.25, 0.3) is 0 Å². The summed E-state index contributed by atoms with van der Waals surface area (Å²) in [5, 5.41) is 11.9. The number of rotatable bonds is 3. The van der Waals surface area contributed by atoms with E-state index in [2.05, 4.69) is 16.1 Å². The lowest BCUT2D eigenvalue weighted by Gasteiger charge is -2.23. The molecule has 0 radical (unpaired) electrons. The zero-order valence-corrected chi connectivity index (χ0v) is 13.1. The fourth-order valence-corrected chi connectivity index (χ4v) is 3.01. The van der Waals surface area contributed by atoms with Crippen molar-refractivity contribution in [2.24, 2.45) is 0 Å². The van der Waals surface area contributed by atoms with Gasteiger partial charge in [0.15, 0.2) is 0 Å². The predicted molar refractivity (Wildman–Crippen MR) is 84.0 cm³/mol. The fourth-order valence-electron chi connectivity index (χ4n) is 3.01. The van der Waals surface area contributed by atoms with E-state index in [-0.39, 0.29) is 18.1 Å². The van der Waals surface area contributed by atoms with Crippen molar-refractivity contribution in [3.8, 4) is 11.8 Å². The van der Waals surface area contributed by atoms with E-state index in [1.165, 1.54) is 12.1 Å². The first-order chi connectivity index (χ1) is 11.7. The standard InChI is InChI=1S/C18H13F3N2O2/c1-17(9-11-4-2-3-5-12(11)10-22)14-8-13(25-18(19,20)21)6-7-15(14)23-16(17)24/h2-8H,9H2,1H3,(H,23,24). The SMILES string of the molecule is CC1(Cc2ccccc2C#N)C(=O)Nc2ccc(OC(F)(F)F)cc21. The van der Waals surface area contributed by atoms with Crippen molar-refractivity contribution in [3.63, 3.8) is 0 Å². The van der Waals surface area contributed by atoms with Gasteiger partial charge in [-0.1, -0.05) is 18.2 Å². The smallest absolute Gasteiger partial charge is 0.406 e. The van der Waals surface area contributed by atoms with Gasteiger partial charge < -0.3 is 10.1 Å². The van der Waals surface area contributed by atoms with Crippen LogP contribution in [-0.4, -0.2) is 12.3 Å². The Kier molecular flexibility index (Phi) is 3.91. The summed E-state index contributed by atoms with van der Waals surface area (Å²) in [5.74, 6) is -0.720. The van der Waals surface area contributed by atoms with Gasteiger partial charge in [-0.05, 0) is 48.7 Å². The molecule has 4 nitrogen and oxygen atoms in total. The molecule has 0 saturated carbocycles. The number of benzene rings is 2. The molecule has 0 spiro atoms. The van der Waals surface area contributed by atoms with Crippen molar-refractivity contribution >= 4 is 11.6 Å². The first-order valence-corrected chi connectivity index (χ1v) is 7.43. The third kappa shape index (κ3) is 3.15. The summed E-state index contributed by atoms with van der Waals surface area (Å²) in [5.41, 5.74) is 0.821. The zero-order chi connectivity index (χ0) is 18.2. The number of carbonyl (C=O) groups is 1. The normalized spacial score (nSPS) is 19.1. The van der Waals surface area contributed by atoms with Gasteiger partial charge in [0, 0.05) is 5.69 Å². The fraction of sp³-hybridized carbons (Fsp3) is 0.222. The predicted octanol–water partition coefficient (Wildman–Crippen LogP) is 3.91. The number of alkyl halides is 3. The number of fused-ring (bicyclic) bond motifs is 1. The number of ether oxygens (including phenoxy) is 1. The van der Waals surface area contributed by atoms with Crippen molar-refractivity contribution in [1.82, 2.24) is 0 Å². The molecule has 1 unspecified atom stereocenters. The number of carbonyl (C=O) groups excluding carboxylic acids is 1. The summed E-state index contributed by atoms with van der Waals surface area (Å²) in [7, 11) is 0. The molecule has 0 saturated heterocycles. The molecular formula is C18H13F3N2O2. The second-order valence-electron chi connectivity index (χ2n) is 5.99. The van der Waals surface area contributed by atoms with Crippen LogP contribution in [0.4, 0.5) is 18.9 Å². The van der Waals surface area contributed by atoms with Gasteiger partial charge in [-0.3, -0.25) is 4.79 Å². The number of hydrogen-bond acceptors (Lipinski definition) is 3. The Morgan fingerprint density at radius 3 is 2.64 bits per heavy atom. The topological polar surface area (TPSA) is 62.1 Å². The van der Waals surface area contributed by atoms with E-state index in [0.29, 0.717) is 22.4 Å². The second-order valence-corrected chi connectivity index (χ2v) is 5.99. The Balaban J connectivity index is 2.02. The van der Waals surface area contributed by atoms with Crippen LogP contribution in [-0.2, 0) is 16.6 Å². The van der Waals surface area contributed by atoms with Gasteiger partial charge >= 0.3 is 6.36 Å². The van der Waals surface area contributed by atoms with E-state index >= 15 is 0 Å². The van der Waals surface area contributed by atoms with Gasteiger partial charge in [-0.25, -0.2) is 0 Å². The number of nitrogens with one attached hydrogen (secondary N) is 1. The summed E-state index contributed by atoms with van der Waals surface area (Å²) >= 11 is 0. The average molecular weight is 346 g/mol. The molecular weight excluding hydrogens is 333 g/mol. The summed E-state index contributed by atoms with van der Waals surface area (Å²) in [6, 6.07) is 12.6. The monoisotopic (exact) mass is 346 g/mol. The van der Waals surface area contributed by atoms with Crippen molar-refractivity contribution in [2.75, 3.05) is 5.32 Å². The molecule has 1 atom stereocenters. The lowest BCUT2D eigenvalue weighted by Crippen LogP contribution is -2.33. The van der Waals surface area contributed by atoms with Crippen LogP contribution in [0.1, 0.15) is 23.6 Å². The van der Waals surface area contributed by atoms with Crippen LogP contribution in [0.2, 0.25) is 0 Å².